The van der Waals surface area contributed by atoms with Crippen molar-refractivity contribution in [3.63, 3.8) is 0 Å². The summed E-state index contributed by atoms with van der Waals surface area (Å²) in [5, 5.41) is 12.9. The minimum absolute atomic E-state index is 0.353. The first kappa shape index (κ1) is 11.1. The van der Waals surface area contributed by atoms with Crippen molar-refractivity contribution in [3.8, 4) is 0 Å². The first-order chi connectivity index (χ1) is 7.59. The zero-order chi connectivity index (χ0) is 11.7. The average Bonchev–Trinajstić information content (AvgIpc) is 2.80. The van der Waals surface area contributed by atoms with Crippen LogP contribution in [0.1, 0.15) is 29.9 Å². The van der Waals surface area contributed by atoms with Crippen LogP contribution in [0.2, 0.25) is 0 Å². The minimum atomic E-state index is -0.732. The molecule has 1 aromatic heterocycles. The van der Waals surface area contributed by atoms with Crippen molar-refractivity contribution in [2.75, 3.05) is 6.54 Å². The first-order valence-electron chi connectivity index (χ1n) is 5.48. The topological polar surface area (TPSA) is 66.6 Å². The molecule has 1 aliphatic heterocycles. The molecule has 0 bridgehead atoms. The van der Waals surface area contributed by atoms with Crippen LogP contribution in [0.3, 0.4) is 0 Å². The van der Waals surface area contributed by atoms with E-state index < -0.39 is 5.97 Å². The monoisotopic (exact) mass is 224 g/mol. The second-order valence-corrected chi connectivity index (χ2v) is 4.27. The molecule has 1 saturated heterocycles. The van der Waals surface area contributed by atoms with Gasteiger partial charge in [0.15, 0.2) is 0 Å². The van der Waals surface area contributed by atoms with E-state index in [1.165, 1.54) is 0 Å². The number of rotatable bonds is 3. The standard InChI is InChI=1S/C11H16N2O3/c1-7-9(8(2)16-12-7)6-13-5-3-4-10(13)11(14)15/h10H,3-6H2,1-2H3,(H,14,15)/t10-/m1/s1. The summed E-state index contributed by atoms with van der Waals surface area (Å²) in [5.74, 6) is 0.0535. The molecule has 5 nitrogen and oxygen atoms in total. The van der Waals surface area contributed by atoms with Crippen molar-refractivity contribution in [3.05, 3.63) is 17.0 Å². The summed E-state index contributed by atoms with van der Waals surface area (Å²) in [4.78, 5) is 13.0. The Balaban J connectivity index is 2.12. The van der Waals surface area contributed by atoms with Crippen molar-refractivity contribution in [1.29, 1.82) is 0 Å². The molecule has 0 saturated carbocycles. The molecule has 0 aromatic carbocycles. The fourth-order valence-electron chi connectivity index (χ4n) is 2.23. The van der Waals surface area contributed by atoms with Crippen molar-refractivity contribution < 1.29 is 14.4 Å². The summed E-state index contributed by atoms with van der Waals surface area (Å²) in [6, 6.07) is -0.353. The lowest BCUT2D eigenvalue weighted by molar-refractivity contribution is -0.142. The van der Waals surface area contributed by atoms with Gasteiger partial charge < -0.3 is 9.63 Å². The van der Waals surface area contributed by atoms with Crippen LogP contribution in [0.15, 0.2) is 4.52 Å². The summed E-state index contributed by atoms with van der Waals surface area (Å²) in [5.41, 5.74) is 1.88. The largest absolute Gasteiger partial charge is 0.480 e. The molecule has 88 valence electrons. The number of aliphatic carboxylic acids is 1. The van der Waals surface area contributed by atoms with Crippen LogP contribution >= 0.6 is 0 Å². The van der Waals surface area contributed by atoms with Crippen LogP contribution in [0.4, 0.5) is 0 Å². The number of hydrogen-bond donors (Lipinski definition) is 1. The lowest BCUT2D eigenvalue weighted by Crippen LogP contribution is -2.35. The van der Waals surface area contributed by atoms with Crippen LogP contribution in [-0.2, 0) is 11.3 Å². The fourth-order valence-corrected chi connectivity index (χ4v) is 2.23. The van der Waals surface area contributed by atoms with E-state index in [9.17, 15) is 4.79 Å². The summed E-state index contributed by atoms with van der Waals surface area (Å²) in [6.07, 6.45) is 1.68. The molecule has 0 radical (unpaired) electrons. The molecule has 5 heteroatoms. The van der Waals surface area contributed by atoms with E-state index in [1.54, 1.807) is 0 Å². The molecule has 2 rings (SSSR count). The molecule has 16 heavy (non-hydrogen) atoms. The number of aromatic nitrogens is 1. The van der Waals surface area contributed by atoms with Gasteiger partial charge in [-0.2, -0.15) is 0 Å². The Morgan fingerprint density at radius 3 is 2.94 bits per heavy atom. The summed E-state index contributed by atoms with van der Waals surface area (Å²) >= 11 is 0. The second-order valence-electron chi connectivity index (χ2n) is 4.27. The lowest BCUT2D eigenvalue weighted by atomic mass is 10.1. The van der Waals surface area contributed by atoms with Gasteiger partial charge in [-0.05, 0) is 33.2 Å². The maximum Gasteiger partial charge on any atom is 0.320 e. The number of carboxylic acid groups (broad SMARTS) is 1. The maximum atomic E-state index is 11.0. The van der Waals surface area contributed by atoms with Crippen LogP contribution in [0.25, 0.3) is 0 Å². The Kier molecular flexibility index (Phi) is 2.96. The molecule has 2 heterocycles. The normalized spacial score (nSPS) is 21.5. The molecule has 1 aliphatic rings. The van der Waals surface area contributed by atoms with Gasteiger partial charge in [0.05, 0.1) is 5.69 Å². The molecule has 1 N–H and O–H groups in total. The summed E-state index contributed by atoms with van der Waals surface area (Å²) < 4.78 is 5.08. The molecule has 1 aromatic rings. The smallest absolute Gasteiger partial charge is 0.320 e. The Morgan fingerprint density at radius 1 is 1.62 bits per heavy atom. The first-order valence-corrected chi connectivity index (χ1v) is 5.48. The molecular weight excluding hydrogens is 208 g/mol. The van der Waals surface area contributed by atoms with Gasteiger partial charge in [0.1, 0.15) is 11.8 Å². The number of hydrogen-bond acceptors (Lipinski definition) is 4. The van der Waals surface area contributed by atoms with Crippen molar-refractivity contribution in [1.82, 2.24) is 10.1 Å². The van der Waals surface area contributed by atoms with Gasteiger partial charge >= 0.3 is 5.97 Å². The third-order valence-corrected chi connectivity index (χ3v) is 3.19. The zero-order valence-corrected chi connectivity index (χ0v) is 9.56. The Labute approximate surface area is 94.0 Å². The Morgan fingerprint density at radius 2 is 2.38 bits per heavy atom. The highest BCUT2D eigenvalue weighted by atomic mass is 16.5. The van der Waals surface area contributed by atoms with Crippen LogP contribution in [0, 0.1) is 13.8 Å². The van der Waals surface area contributed by atoms with Crippen LogP contribution in [0.5, 0.6) is 0 Å². The highest BCUT2D eigenvalue weighted by Crippen LogP contribution is 2.23. The Hall–Kier alpha value is -1.36. The highest BCUT2D eigenvalue weighted by molar-refractivity contribution is 5.73. The number of likely N-dealkylation sites (tertiary alicyclic amines) is 1. The van der Waals surface area contributed by atoms with Crippen LogP contribution in [-0.4, -0.2) is 33.7 Å². The van der Waals surface area contributed by atoms with Crippen molar-refractivity contribution in [2.45, 2.75) is 39.3 Å². The number of carboxylic acids is 1. The van der Waals surface area contributed by atoms with Gasteiger partial charge in [-0.3, -0.25) is 9.69 Å². The predicted octanol–water partition coefficient (Wildman–Crippen LogP) is 1.34. The minimum Gasteiger partial charge on any atom is -0.480 e. The van der Waals surface area contributed by atoms with E-state index in [4.69, 9.17) is 9.63 Å². The van der Waals surface area contributed by atoms with Gasteiger partial charge in [-0.15, -0.1) is 0 Å². The fraction of sp³-hybridized carbons (Fsp3) is 0.636. The quantitative estimate of drug-likeness (QED) is 0.839. The third kappa shape index (κ3) is 1.95. The number of carbonyl (C=O) groups is 1. The van der Waals surface area contributed by atoms with Crippen LogP contribution < -0.4 is 0 Å². The third-order valence-electron chi connectivity index (χ3n) is 3.19. The molecule has 0 amide bonds. The van der Waals surface area contributed by atoms with Crippen molar-refractivity contribution >= 4 is 5.97 Å². The summed E-state index contributed by atoms with van der Waals surface area (Å²) in [6.45, 7) is 5.21. The summed E-state index contributed by atoms with van der Waals surface area (Å²) in [7, 11) is 0. The average molecular weight is 224 g/mol. The maximum absolute atomic E-state index is 11.0. The predicted molar refractivity (Wildman–Crippen MR) is 57.0 cm³/mol. The number of nitrogens with zero attached hydrogens (tertiary/aromatic N) is 2. The molecular formula is C11H16N2O3. The second kappa shape index (κ2) is 4.25. The molecule has 1 fully saturated rings. The lowest BCUT2D eigenvalue weighted by Gasteiger charge is -2.20. The highest BCUT2D eigenvalue weighted by Gasteiger charge is 2.31. The van der Waals surface area contributed by atoms with Gasteiger partial charge in [-0.1, -0.05) is 5.16 Å². The molecule has 0 spiro atoms. The number of aryl methyl sites for hydroxylation is 2. The van der Waals surface area contributed by atoms with E-state index in [2.05, 4.69) is 5.16 Å². The molecule has 1 atom stereocenters. The van der Waals surface area contributed by atoms with E-state index in [0.717, 1.165) is 36.4 Å². The van der Waals surface area contributed by atoms with Gasteiger partial charge in [0, 0.05) is 12.1 Å². The molecule has 0 unspecified atom stereocenters. The van der Waals surface area contributed by atoms with E-state index in [0.29, 0.717) is 6.54 Å². The van der Waals surface area contributed by atoms with E-state index >= 15 is 0 Å². The molecule has 0 aliphatic carbocycles. The van der Waals surface area contributed by atoms with Gasteiger partial charge in [0.25, 0.3) is 0 Å². The van der Waals surface area contributed by atoms with E-state index in [1.807, 2.05) is 18.7 Å². The van der Waals surface area contributed by atoms with Gasteiger partial charge in [-0.25, -0.2) is 0 Å². The SMILES string of the molecule is Cc1noc(C)c1CN1CCC[C@@H]1C(=O)O. The van der Waals surface area contributed by atoms with Gasteiger partial charge in [0.2, 0.25) is 0 Å². The Bertz CT molecular complexity index is 380. The zero-order valence-electron chi connectivity index (χ0n) is 9.56. The van der Waals surface area contributed by atoms with Crippen molar-refractivity contribution in [2.24, 2.45) is 0 Å². The van der Waals surface area contributed by atoms with E-state index in [-0.39, 0.29) is 6.04 Å².